The summed E-state index contributed by atoms with van der Waals surface area (Å²) in [6, 6.07) is 10.2. The normalized spacial score (nSPS) is 10.7. The second-order valence-corrected chi connectivity index (χ2v) is 10.3. The molecular formula is C31H36N2O15. The predicted molar refractivity (Wildman–Crippen MR) is 165 cm³/mol. The Hall–Kier alpha value is -5.61. The summed E-state index contributed by atoms with van der Waals surface area (Å²) in [6.45, 7) is -0.389. The van der Waals surface area contributed by atoms with Crippen LogP contribution in [-0.2, 0) is 28.7 Å². The minimum atomic E-state index is -0.844. The quantitative estimate of drug-likeness (QED) is 0.0629. The maximum atomic E-state index is 12.8. The monoisotopic (exact) mass is 676 g/mol. The SMILES string of the molecule is O=C(COc1ccc(-c2cc(=O)c3c(O)cc(OCC(=O)OCCCCCCO[N+](=O)[O-])cc3o2)cc1)OCCCCCCO[N+](=O)[O-]. The van der Waals surface area contributed by atoms with Crippen LogP contribution in [0.25, 0.3) is 22.3 Å². The molecule has 0 spiro atoms. The van der Waals surface area contributed by atoms with Crippen molar-refractivity contribution >= 4 is 22.9 Å². The van der Waals surface area contributed by atoms with Crippen molar-refractivity contribution in [2.24, 2.45) is 0 Å². The Bertz CT molecular complexity index is 1570. The van der Waals surface area contributed by atoms with Crippen LogP contribution in [0.3, 0.4) is 0 Å². The number of ether oxygens (including phenoxy) is 4. The van der Waals surface area contributed by atoms with Gasteiger partial charge in [-0.2, -0.15) is 0 Å². The number of carbonyl (C=O) groups is 2. The summed E-state index contributed by atoms with van der Waals surface area (Å²) in [7, 11) is 0. The average molecular weight is 677 g/mol. The number of hydrogen-bond donors (Lipinski definition) is 1. The molecule has 0 atom stereocenters. The largest absolute Gasteiger partial charge is 0.507 e. The lowest BCUT2D eigenvalue weighted by molar-refractivity contribution is -0.757. The van der Waals surface area contributed by atoms with Gasteiger partial charge in [-0.1, -0.05) is 12.8 Å². The lowest BCUT2D eigenvalue weighted by Gasteiger charge is -2.10. The predicted octanol–water partition coefficient (Wildman–Crippen LogP) is 4.55. The standard InChI is InChI=1S/C31H36N2O15/c34-25-17-24(45-21-30(37)43-14-6-2-4-8-16-47-33(40)41)18-28-31(25)26(35)19-27(48-28)22-9-11-23(12-10-22)44-20-29(36)42-13-5-1-3-7-15-46-32(38)39/h9-12,17-19,34H,1-8,13-16,20-21H2. The van der Waals surface area contributed by atoms with Gasteiger partial charge in [-0.3, -0.25) is 4.79 Å². The Labute approximate surface area is 273 Å². The average Bonchev–Trinajstić information content (AvgIpc) is 3.04. The third-order valence-corrected chi connectivity index (χ3v) is 6.63. The van der Waals surface area contributed by atoms with Crippen molar-refractivity contribution in [2.75, 3.05) is 39.6 Å². The van der Waals surface area contributed by atoms with E-state index >= 15 is 0 Å². The molecule has 0 saturated heterocycles. The molecule has 0 radical (unpaired) electrons. The van der Waals surface area contributed by atoms with Gasteiger partial charge in [-0.25, -0.2) is 9.59 Å². The number of benzene rings is 2. The first kappa shape index (κ1) is 36.9. The van der Waals surface area contributed by atoms with Gasteiger partial charge in [0.15, 0.2) is 18.6 Å². The molecular weight excluding hydrogens is 640 g/mol. The van der Waals surface area contributed by atoms with Gasteiger partial charge in [0, 0.05) is 23.8 Å². The van der Waals surface area contributed by atoms with E-state index in [4.69, 9.17) is 23.4 Å². The number of nitrogens with zero attached hydrogens (tertiary/aromatic N) is 2. The summed E-state index contributed by atoms with van der Waals surface area (Å²) in [5, 5.41) is 28.9. The van der Waals surface area contributed by atoms with E-state index in [-0.39, 0.29) is 55.5 Å². The maximum Gasteiger partial charge on any atom is 0.344 e. The zero-order chi connectivity index (χ0) is 34.7. The molecule has 1 aromatic heterocycles. The maximum absolute atomic E-state index is 12.8. The molecule has 1 N–H and O–H groups in total. The van der Waals surface area contributed by atoms with E-state index in [1.165, 1.54) is 18.2 Å². The number of phenolic OH excluding ortho intramolecular Hbond substituents is 1. The molecule has 0 fully saturated rings. The second-order valence-electron chi connectivity index (χ2n) is 10.3. The molecule has 0 amide bonds. The van der Waals surface area contributed by atoms with Crippen molar-refractivity contribution in [2.45, 2.75) is 51.4 Å². The third-order valence-electron chi connectivity index (χ3n) is 6.63. The Balaban J connectivity index is 1.45. The van der Waals surface area contributed by atoms with E-state index in [1.807, 2.05) is 0 Å². The molecule has 0 bridgehead atoms. The van der Waals surface area contributed by atoms with E-state index in [2.05, 4.69) is 9.68 Å². The van der Waals surface area contributed by atoms with Crippen molar-refractivity contribution < 1.29 is 57.9 Å². The van der Waals surface area contributed by atoms with Crippen LogP contribution in [0.5, 0.6) is 17.2 Å². The molecule has 0 saturated carbocycles. The number of fused-ring (bicyclic) bond motifs is 1. The number of phenols is 1. The van der Waals surface area contributed by atoms with E-state index in [1.54, 1.807) is 24.3 Å². The fraction of sp³-hybridized carbons (Fsp3) is 0.452. The second kappa shape index (κ2) is 19.8. The van der Waals surface area contributed by atoms with Crippen molar-refractivity contribution in [3.05, 3.63) is 72.9 Å². The highest BCUT2D eigenvalue weighted by Crippen LogP contribution is 2.31. The van der Waals surface area contributed by atoms with Gasteiger partial charge in [0.1, 0.15) is 34.0 Å². The van der Waals surface area contributed by atoms with Gasteiger partial charge in [-0.15, -0.1) is 20.2 Å². The fourth-order valence-corrected chi connectivity index (χ4v) is 4.32. The summed E-state index contributed by atoms with van der Waals surface area (Å²) < 4.78 is 27.0. The number of rotatable bonds is 23. The van der Waals surface area contributed by atoms with Gasteiger partial charge in [0.05, 0.1) is 26.4 Å². The van der Waals surface area contributed by atoms with Gasteiger partial charge in [0.25, 0.3) is 10.2 Å². The van der Waals surface area contributed by atoms with Crippen LogP contribution < -0.4 is 14.9 Å². The number of hydrogen-bond acceptors (Lipinski definition) is 15. The molecule has 17 nitrogen and oxygen atoms in total. The Morgan fingerprint density at radius 1 is 0.688 bits per heavy atom. The molecule has 2 aromatic carbocycles. The minimum Gasteiger partial charge on any atom is -0.507 e. The fourth-order valence-electron chi connectivity index (χ4n) is 4.32. The van der Waals surface area contributed by atoms with Crippen LogP contribution in [-0.4, -0.2) is 66.9 Å². The topological polar surface area (TPSA) is 226 Å². The molecule has 17 heteroatoms. The molecule has 260 valence electrons. The number of aromatic hydroxyl groups is 1. The molecule has 0 unspecified atom stereocenters. The summed E-state index contributed by atoms with van der Waals surface area (Å²) in [4.78, 5) is 65.5. The van der Waals surface area contributed by atoms with Crippen LogP contribution in [0.15, 0.2) is 51.7 Å². The molecule has 0 aliphatic carbocycles. The molecule has 1 heterocycles. The number of esters is 2. The Morgan fingerprint density at radius 2 is 1.19 bits per heavy atom. The lowest BCUT2D eigenvalue weighted by atomic mass is 10.1. The van der Waals surface area contributed by atoms with Gasteiger partial charge < -0.3 is 38.1 Å². The molecule has 0 aliphatic rings. The van der Waals surface area contributed by atoms with Gasteiger partial charge in [0.2, 0.25) is 0 Å². The van der Waals surface area contributed by atoms with E-state index in [0.29, 0.717) is 56.3 Å². The lowest BCUT2D eigenvalue weighted by Crippen LogP contribution is -2.15. The van der Waals surface area contributed by atoms with Crippen molar-refractivity contribution in [1.29, 1.82) is 0 Å². The highest BCUT2D eigenvalue weighted by Gasteiger charge is 2.15. The summed E-state index contributed by atoms with van der Waals surface area (Å²) >= 11 is 0. The number of unbranched alkanes of at least 4 members (excludes halogenated alkanes) is 6. The number of carbonyl (C=O) groups excluding carboxylic acids is 2. The van der Waals surface area contributed by atoms with E-state index in [9.17, 15) is 39.7 Å². The van der Waals surface area contributed by atoms with Crippen LogP contribution in [0.4, 0.5) is 0 Å². The summed E-state index contributed by atoms with van der Waals surface area (Å²) in [5.74, 6) is -0.974. The van der Waals surface area contributed by atoms with Crippen LogP contribution >= 0.6 is 0 Å². The van der Waals surface area contributed by atoms with Crippen molar-refractivity contribution in [3.8, 4) is 28.6 Å². The third kappa shape index (κ3) is 13.4. The highest BCUT2D eigenvalue weighted by atomic mass is 17.0. The van der Waals surface area contributed by atoms with Gasteiger partial charge in [-0.05, 0) is 62.8 Å². The first-order valence-electron chi connectivity index (χ1n) is 15.1. The van der Waals surface area contributed by atoms with Crippen molar-refractivity contribution in [1.82, 2.24) is 0 Å². The zero-order valence-electron chi connectivity index (χ0n) is 26.0. The first-order valence-corrected chi connectivity index (χ1v) is 15.1. The van der Waals surface area contributed by atoms with Crippen LogP contribution in [0.1, 0.15) is 51.4 Å². The summed E-state index contributed by atoms with van der Waals surface area (Å²) in [6.07, 6.45) is 5.01. The van der Waals surface area contributed by atoms with Crippen molar-refractivity contribution in [3.63, 3.8) is 0 Å². The zero-order valence-corrected chi connectivity index (χ0v) is 26.0. The van der Waals surface area contributed by atoms with E-state index in [0.717, 1.165) is 6.42 Å². The smallest absolute Gasteiger partial charge is 0.344 e. The Kier molecular flexibility index (Phi) is 15.2. The first-order chi connectivity index (χ1) is 23.1. The summed E-state index contributed by atoms with van der Waals surface area (Å²) in [5.41, 5.74) is 0.0229. The van der Waals surface area contributed by atoms with Crippen LogP contribution in [0.2, 0.25) is 0 Å². The van der Waals surface area contributed by atoms with E-state index < -0.39 is 39.9 Å². The molecule has 3 aromatic rings. The molecule has 3 rings (SSSR count). The van der Waals surface area contributed by atoms with Gasteiger partial charge >= 0.3 is 11.9 Å². The molecule has 0 aliphatic heterocycles. The van der Waals surface area contributed by atoms with Crippen LogP contribution in [0, 0.1) is 20.2 Å². The minimum absolute atomic E-state index is 0.0157. The molecule has 48 heavy (non-hydrogen) atoms. The highest BCUT2D eigenvalue weighted by molar-refractivity contribution is 5.86. The Morgan fingerprint density at radius 3 is 1.71 bits per heavy atom.